The van der Waals surface area contributed by atoms with Crippen molar-refractivity contribution in [2.24, 2.45) is 0 Å². The van der Waals surface area contributed by atoms with Crippen LogP contribution in [0.5, 0.6) is 17.2 Å². The van der Waals surface area contributed by atoms with Gasteiger partial charge in [0.25, 0.3) is 11.8 Å². The predicted octanol–water partition coefficient (Wildman–Crippen LogP) is 2.18. The fourth-order valence-electron chi connectivity index (χ4n) is 3.34. The molecule has 0 fully saturated rings. The first-order chi connectivity index (χ1) is 13.7. The maximum atomic E-state index is 13.0. The van der Waals surface area contributed by atoms with E-state index >= 15 is 0 Å². The smallest absolute Gasteiger partial charge is 0.265 e. The highest BCUT2D eigenvalue weighted by Crippen LogP contribution is 2.38. The first-order valence-corrected chi connectivity index (χ1v) is 10.9. The molecular weight excluding hydrogens is 398 g/mol. The number of hydrogen-bond acceptors (Lipinski definition) is 7. The number of imide groups is 1. The number of nitrogens with zero attached hydrogens (tertiary/aromatic N) is 1. The van der Waals surface area contributed by atoms with Gasteiger partial charge in [0.15, 0.2) is 11.5 Å². The Bertz CT molecular complexity index is 1080. The molecule has 1 aliphatic rings. The number of rotatable bonds is 7. The van der Waals surface area contributed by atoms with Crippen molar-refractivity contribution in [2.45, 2.75) is 13.0 Å². The van der Waals surface area contributed by atoms with Crippen LogP contribution in [0.1, 0.15) is 39.2 Å². The summed E-state index contributed by atoms with van der Waals surface area (Å²) in [5.41, 5.74) is 0.301. The van der Waals surface area contributed by atoms with E-state index in [2.05, 4.69) is 0 Å². The Morgan fingerprint density at radius 1 is 1.10 bits per heavy atom. The minimum atomic E-state index is -3.57. The lowest BCUT2D eigenvalue weighted by atomic mass is 10.1. The number of carbonyl (C=O) groups is 2. The fraction of sp³-hybridized carbons (Fsp3) is 0.300. The standard InChI is InChI=1S/C20H21NO7S/c1-4-28-17-10-12(8-9-16(17)27-2)14(11-29(3,25)26)21-19(23)13-6-5-7-15(22)18(13)20(21)24/h5-10,14,22H,4,11H2,1-3H3/t14-/m1/s1. The lowest BCUT2D eigenvalue weighted by Gasteiger charge is -2.26. The summed E-state index contributed by atoms with van der Waals surface area (Å²) < 4.78 is 35.0. The maximum absolute atomic E-state index is 13.0. The molecule has 1 heterocycles. The molecule has 0 unspecified atom stereocenters. The van der Waals surface area contributed by atoms with Crippen LogP contribution in [0.3, 0.4) is 0 Å². The second-order valence-electron chi connectivity index (χ2n) is 6.63. The third-order valence-corrected chi connectivity index (χ3v) is 5.49. The van der Waals surface area contributed by atoms with Gasteiger partial charge < -0.3 is 14.6 Å². The highest BCUT2D eigenvalue weighted by molar-refractivity contribution is 7.90. The second-order valence-corrected chi connectivity index (χ2v) is 8.82. The Balaban J connectivity index is 2.13. The second kappa shape index (κ2) is 7.75. The van der Waals surface area contributed by atoms with Gasteiger partial charge in [-0.05, 0) is 36.8 Å². The zero-order valence-corrected chi connectivity index (χ0v) is 17.0. The van der Waals surface area contributed by atoms with Crippen LogP contribution in [0.15, 0.2) is 36.4 Å². The Morgan fingerprint density at radius 3 is 2.41 bits per heavy atom. The predicted molar refractivity (Wildman–Crippen MR) is 105 cm³/mol. The van der Waals surface area contributed by atoms with Gasteiger partial charge in [0, 0.05) is 6.26 Å². The summed E-state index contributed by atoms with van der Waals surface area (Å²) >= 11 is 0. The van der Waals surface area contributed by atoms with E-state index in [9.17, 15) is 23.1 Å². The van der Waals surface area contributed by atoms with Crippen molar-refractivity contribution in [3.05, 3.63) is 53.1 Å². The maximum Gasteiger partial charge on any atom is 0.265 e. The molecule has 0 saturated heterocycles. The minimum Gasteiger partial charge on any atom is -0.507 e. The van der Waals surface area contributed by atoms with E-state index in [1.165, 1.54) is 25.3 Å². The van der Waals surface area contributed by atoms with Crippen molar-refractivity contribution in [1.29, 1.82) is 0 Å². The van der Waals surface area contributed by atoms with Crippen molar-refractivity contribution in [3.8, 4) is 17.2 Å². The molecule has 0 spiro atoms. The van der Waals surface area contributed by atoms with Crippen LogP contribution in [-0.4, -0.2) is 56.0 Å². The summed E-state index contributed by atoms with van der Waals surface area (Å²) in [7, 11) is -2.10. The van der Waals surface area contributed by atoms with Crippen LogP contribution < -0.4 is 9.47 Å². The molecule has 2 amide bonds. The number of ether oxygens (including phenoxy) is 2. The lowest BCUT2D eigenvalue weighted by molar-refractivity contribution is 0.0596. The number of amides is 2. The molecule has 8 nitrogen and oxygen atoms in total. The fourth-order valence-corrected chi connectivity index (χ4v) is 4.26. The van der Waals surface area contributed by atoms with E-state index in [1.54, 1.807) is 25.1 Å². The number of phenolic OH excluding ortho intramolecular Hbond substituents is 1. The molecule has 29 heavy (non-hydrogen) atoms. The third kappa shape index (κ3) is 3.91. The Kier molecular flexibility index (Phi) is 5.52. The van der Waals surface area contributed by atoms with E-state index < -0.39 is 33.4 Å². The molecule has 2 aromatic carbocycles. The highest BCUT2D eigenvalue weighted by atomic mass is 32.2. The summed E-state index contributed by atoms with van der Waals surface area (Å²) in [5.74, 6) is -1.41. The molecule has 1 atom stereocenters. The van der Waals surface area contributed by atoms with Gasteiger partial charge in [-0.1, -0.05) is 12.1 Å². The quantitative estimate of drug-likeness (QED) is 0.685. The molecule has 9 heteroatoms. The Hall–Kier alpha value is -3.07. The Labute approximate surface area is 168 Å². The number of methoxy groups -OCH3 is 1. The van der Waals surface area contributed by atoms with Gasteiger partial charge in [-0.15, -0.1) is 0 Å². The van der Waals surface area contributed by atoms with E-state index in [0.717, 1.165) is 11.2 Å². The molecule has 154 valence electrons. The summed E-state index contributed by atoms with van der Waals surface area (Å²) in [4.78, 5) is 26.8. The molecule has 0 saturated carbocycles. The van der Waals surface area contributed by atoms with Crippen molar-refractivity contribution >= 4 is 21.7 Å². The number of carbonyl (C=O) groups excluding carboxylic acids is 2. The first kappa shape index (κ1) is 20.7. The van der Waals surface area contributed by atoms with Crippen molar-refractivity contribution in [1.82, 2.24) is 4.90 Å². The summed E-state index contributed by atoms with van der Waals surface area (Å²) in [6.07, 6.45) is 1.03. The van der Waals surface area contributed by atoms with Gasteiger partial charge >= 0.3 is 0 Å². The zero-order chi connectivity index (χ0) is 21.3. The highest BCUT2D eigenvalue weighted by Gasteiger charge is 2.43. The molecule has 2 aromatic rings. The topological polar surface area (TPSA) is 110 Å². The monoisotopic (exact) mass is 419 g/mol. The number of sulfone groups is 1. The average Bonchev–Trinajstić information content (AvgIpc) is 2.91. The van der Waals surface area contributed by atoms with E-state index in [4.69, 9.17) is 9.47 Å². The third-order valence-electron chi connectivity index (χ3n) is 4.57. The van der Waals surface area contributed by atoms with Crippen molar-refractivity contribution in [3.63, 3.8) is 0 Å². The largest absolute Gasteiger partial charge is 0.507 e. The molecule has 0 aromatic heterocycles. The van der Waals surface area contributed by atoms with Crippen LogP contribution in [0, 0.1) is 0 Å². The van der Waals surface area contributed by atoms with E-state index in [-0.39, 0.29) is 16.9 Å². The Morgan fingerprint density at radius 2 is 1.83 bits per heavy atom. The molecule has 0 aliphatic carbocycles. The van der Waals surface area contributed by atoms with Crippen LogP contribution >= 0.6 is 0 Å². The van der Waals surface area contributed by atoms with Crippen LogP contribution in [0.2, 0.25) is 0 Å². The number of phenols is 1. The molecule has 1 aliphatic heterocycles. The number of aromatic hydroxyl groups is 1. The van der Waals surface area contributed by atoms with E-state index in [0.29, 0.717) is 23.7 Å². The van der Waals surface area contributed by atoms with Gasteiger partial charge in [-0.25, -0.2) is 8.42 Å². The van der Waals surface area contributed by atoms with Gasteiger partial charge in [-0.3, -0.25) is 14.5 Å². The molecule has 1 N–H and O–H groups in total. The molecule has 3 rings (SSSR count). The van der Waals surface area contributed by atoms with Gasteiger partial charge in [-0.2, -0.15) is 0 Å². The summed E-state index contributed by atoms with van der Waals surface area (Å²) in [6, 6.07) is 7.82. The van der Waals surface area contributed by atoms with Gasteiger partial charge in [0.2, 0.25) is 0 Å². The number of fused-ring (bicyclic) bond motifs is 1. The SMILES string of the molecule is CCOc1cc([C@@H](CS(C)(=O)=O)N2C(=O)c3cccc(O)c3C2=O)ccc1OC. The molecule has 0 radical (unpaired) electrons. The molecule has 0 bridgehead atoms. The van der Waals surface area contributed by atoms with Crippen LogP contribution in [-0.2, 0) is 9.84 Å². The van der Waals surface area contributed by atoms with Crippen molar-refractivity contribution in [2.75, 3.05) is 25.7 Å². The number of benzene rings is 2. The normalized spacial score (nSPS) is 14.7. The van der Waals surface area contributed by atoms with Crippen molar-refractivity contribution < 1.29 is 32.6 Å². The van der Waals surface area contributed by atoms with Gasteiger partial charge in [0.05, 0.1) is 36.6 Å². The summed E-state index contributed by atoms with van der Waals surface area (Å²) in [6.45, 7) is 2.13. The minimum absolute atomic E-state index is 0.0343. The summed E-state index contributed by atoms with van der Waals surface area (Å²) in [5, 5.41) is 10.1. The average molecular weight is 419 g/mol. The number of hydrogen-bond donors (Lipinski definition) is 1. The van der Waals surface area contributed by atoms with Crippen LogP contribution in [0.4, 0.5) is 0 Å². The molecular formula is C20H21NO7S. The van der Waals surface area contributed by atoms with Gasteiger partial charge in [0.1, 0.15) is 15.6 Å². The van der Waals surface area contributed by atoms with E-state index in [1.807, 2.05) is 0 Å². The zero-order valence-electron chi connectivity index (χ0n) is 16.2. The van der Waals surface area contributed by atoms with Crippen LogP contribution in [0.25, 0.3) is 0 Å². The first-order valence-electron chi connectivity index (χ1n) is 8.86. The lowest BCUT2D eigenvalue weighted by Crippen LogP contribution is -2.37.